The summed E-state index contributed by atoms with van der Waals surface area (Å²) in [6.07, 6.45) is 0. The molecule has 0 bridgehead atoms. The van der Waals surface area contributed by atoms with Gasteiger partial charge in [0.2, 0.25) is 5.91 Å². The Morgan fingerprint density at radius 1 is 1.10 bits per heavy atom. The van der Waals surface area contributed by atoms with Gasteiger partial charge in [0.1, 0.15) is 12.4 Å². The molecule has 0 atom stereocenters. The molecule has 0 saturated carbocycles. The summed E-state index contributed by atoms with van der Waals surface area (Å²) in [5.41, 5.74) is 3.00. The molecule has 0 fully saturated rings. The van der Waals surface area contributed by atoms with Crippen molar-refractivity contribution >= 4 is 16.8 Å². The third kappa shape index (κ3) is 2.68. The Morgan fingerprint density at radius 3 is 2.57 bits per heavy atom. The molecule has 0 amide bonds. The van der Waals surface area contributed by atoms with Gasteiger partial charge in [-0.05, 0) is 36.8 Å². The monoisotopic (exact) mass is 279 g/mol. The highest BCUT2D eigenvalue weighted by atomic mass is 16.5. The second-order valence-corrected chi connectivity index (χ2v) is 5.14. The summed E-state index contributed by atoms with van der Waals surface area (Å²) in [6.45, 7) is 4.05. The summed E-state index contributed by atoms with van der Waals surface area (Å²) in [5, 5.41) is 1.02. The van der Waals surface area contributed by atoms with Crippen LogP contribution in [0.15, 0.2) is 54.6 Å². The van der Waals surface area contributed by atoms with E-state index in [0.29, 0.717) is 6.61 Å². The van der Waals surface area contributed by atoms with Crippen LogP contribution in [0, 0.1) is 6.92 Å². The van der Waals surface area contributed by atoms with Crippen LogP contribution in [-0.4, -0.2) is 10.5 Å². The van der Waals surface area contributed by atoms with Crippen LogP contribution in [0.2, 0.25) is 0 Å². The van der Waals surface area contributed by atoms with Gasteiger partial charge < -0.3 is 4.74 Å². The van der Waals surface area contributed by atoms with Gasteiger partial charge in [-0.3, -0.25) is 9.36 Å². The van der Waals surface area contributed by atoms with E-state index in [1.165, 1.54) is 0 Å². The molecule has 3 nitrogen and oxygen atoms in total. The molecule has 1 aromatic heterocycles. The molecule has 106 valence electrons. The highest BCUT2D eigenvalue weighted by Crippen LogP contribution is 2.25. The second kappa shape index (κ2) is 5.44. The molecule has 2 aromatic carbocycles. The number of rotatable bonds is 3. The lowest BCUT2D eigenvalue weighted by Crippen LogP contribution is -2.06. The van der Waals surface area contributed by atoms with Gasteiger partial charge in [0.15, 0.2) is 0 Å². The number of carbonyl (C=O) groups excluding carboxylic acids is 1. The van der Waals surface area contributed by atoms with Gasteiger partial charge in [-0.2, -0.15) is 0 Å². The predicted octanol–water partition coefficient (Wildman–Crippen LogP) is 4.19. The molecule has 0 radical (unpaired) electrons. The first-order valence-corrected chi connectivity index (χ1v) is 6.95. The van der Waals surface area contributed by atoms with Crippen LogP contribution in [0.25, 0.3) is 10.9 Å². The van der Waals surface area contributed by atoms with Gasteiger partial charge >= 0.3 is 0 Å². The molecule has 0 N–H and O–H groups in total. The summed E-state index contributed by atoms with van der Waals surface area (Å²) in [6, 6.07) is 17.9. The van der Waals surface area contributed by atoms with E-state index < -0.39 is 0 Å². The van der Waals surface area contributed by atoms with Gasteiger partial charge in [-0.25, -0.2) is 0 Å². The van der Waals surface area contributed by atoms with Crippen molar-refractivity contribution in [3.05, 3.63) is 65.9 Å². The van der Waals surface area contributed by atoms with Crippen LogP contribution in [0.5, 0.6) is 5.75 Å². The predicted molar refractivity (Wildman–Crippen MR) is 83.7 cm³/mol. The minimum Gasteiger partial charge on any atom is -0.489 e. The third-order valence-electron chi connectivity index (χ3n) is 3.52. The maximum absolute atomic E-state index is 11.7. The van der Waals surface area contributed by atoms with Crippen molar-refractivity contribution < 1.29 is 9.53 Å². The van der Waals surface area contributed by atoms with Crippen molar-refractivity contribution in [3.8, 4) is 5.75 Å². The summed E-state index contributed by atoms with van der Waals surface area (Å²) >= 11 is 0. The van der Waals surface area contributed by atoms with E-state index in [9.17, 15) is 4.79 Å². The van der Waals surface area contributed by atoms with Crippen molar-refractivity contribution in [1.29, 1.82) is 0 Å². The largest absolute Gasteiger partial charge is 0.489 e. The van der Waals surface area contributed by atoms with Crippen LogP contribution >= 0.6 is 0 Å². The number of carbonyl (C=O) groups is 1. The fraction of sp³-hybridized carbons (Fsp3) is 0.167. The first kappa shape index (κ1) is 13.4. The minimum absolute atomic E-state index is 0.0282. The molecule has 0 spiro atoms. The second-order valence-electron chi connectivity index (χ2n) is 5.14. The normalized spacial score (nSPS) is 10.8. The number of aryl methyl sites for hydroxylation is 1. The van der Waals surface area contributed by atoms with Gasteiger partial charge in [0.05, 0.1) is 5.52 Å². The number of fused-ring (bicyclic) bond motifs is 1. The lowest BCUT2D eigenvalue weighted by atomic mass is 10.2. The fourth-order valence-electron chi connectivity index (χ4n) is 2.58. The molecule has 3 aromatic rings. The van der Waals surface area contributed by atoms with Crippen LogP contribution in [0.3, 0.4) is 0 Å². The highest BCUT2D eigenvalue weighted by Gasteiger charge is 2.09. The van der Waals surface area contributed by atoms with E-state index in [2.05, 4.69) is 0 Å². The molecule has 0 aliphatic rings. The summed E-state index contributed by atoms with van der Waals surface area (Å²) in [5.74, 6) is 0.840. The Labute approximate surface area is 123 Å². The smallest absolute Gasteiger partial charge is 0.228 e. The van der Waals surface area contributed by atoms with E-state index >= 15 is 0 Å². The number of benzene rings is 2. The van der Waals surface area contributed by atoms with E-state index in [1.54, 1.807) is 11.5 Å². The van der Waals surface area contributed by atoms with E-state index in [4.69, 9.17) is 4.74 Å². The fourth-order valence-corrected chi connectivity index (χ4v) is 2.58. The maximum atomic E-state index is 11.7. The van der Waals surface area contributed by atoms with Crippen LogP contribution < -0.4 is 4.74 Å². The molecule has 0 unspecified atom stereocenters. The van der Waals surface area contributed by atoms with Gasteiger partial charge in [-0.1, -0.05) is 30.3 Å². The highest BCUT2D eigenvalue weighted by molar-refractivity contribution is 5.93. The Morgan fingerprint density at radius 2 is 1.86 bits per heavy atom. The van der Waals surface area contributed by atoms with Crippen LogP contribution in [0.1, 0.15) is 23.0 Å². The number of aromatic nitrogens is 1. The SMILES string of the molecule is CC(=O)n1c(C)cc2cc(OCc3ccccc3)ccc21. The molecular formula is C18H17NO2. The van der Waals surface area contributed by atoms with Crippen LogP contribution in [-0.2, 0) is 6.61 Å². The topological polar surface area (TPSA) is 31.2 Å². The summed E-state index contributed by atoms with van der Waals surface area (Å²) in [4.78, 5) is 11.7. The zero-order chi connectivity index (χ0) is 14.8. The Hall–Kier alpha value is -2.55. The zero-order valence-corrected chi connectivity index (χ0v) is 12.2. The van der Waals surface area contributed by atoms with Crippen molar-refractivity contribution in [3.63, 3.8) is 0 Å². The first-order valence-electron chi connectivity index (χ1n) is 6.95. The maximum Gasteiger partial charge on any atom is 0.228 e. The summed E-state index contributed by atoms with van der Waals surface area (Å²) in [7, 11) is 0. The lowest BCUT2D eigenvalue weighted by molar-refractivity contribution is 0.0940. The molecule has 1 heterocycles. The van der Waals surface area contributed by atoms with E-state index in [1.807, 2.05) is 61.5 Å². The molecule has 0 saturated heterocycles. The molecule has 21 heavy (non-hydrogen) atoms. The first-order chi connectivity index (χ1) is 10.1. The molecular weight excluding hydrogens is 262 g/mol. The quantitative estimate of drug-likeness (QED) is 0.720. The zero-order valence-electron chi connectivity index (χ0n) is 12.2. The molecule has 3 heteroatoms. The van der Waals surface area contributed by atoms with Crippen LogP contribution in [0.4, 0.5) is 0 Å². The number of nitrogens with zero attached hydrogens (tertiary/aromatic N) is 1. The molecule has 3 rings (SSSR count). The average Bonchev–Trinajstić information content (AvgIpc) is 2.81. The molecule has 0 aliphatic carbocycles. The lowest BCUT2D eigenvalue weighted by Gasteiger charge is -2.07. The molecule has 0 aliphatic heterocycles. The van der Waals surface area contributed by atoms with Crippen molar-refractivity contribution in [1.82, 2.24) is 4.57 Å². The Kier molecular flexibility index (Phi) is 3.48. The van der Waals surface area contributed by atoms with Crippen molar-refractivity contribution in [2.24, 2.45) is 0 Å². The van der Waals surface area contributed by atoms with Gasteiger partial charge in [0.25, 0.3) is 0 Å². The van der Waals surface area contributed by atoms with Gasteiger partial charge in [0, 0.05) is 18.0 Å². The standard InChI is InChI=1S/C18H17NO2/c1-13-10-16-11-17(8-9-18(16)19(13)14(2)20)21-12-15-6-4-3-5-7-15/h3-11H,12H2,1-2H3. The van der Waals surface area contributed by atoms with Crippen molar-refractivity contribution in [2.45, 2.75) is 20.5 Å². The number of hydrogen-bond acceptors (Lipinski definition) is 2. The van der Waals surface area contributed by atoms with Crippen molar-refractivity contribution in [2.75, 3.05) is 0 Å². The average molecular weight is 279 g/mol. The third-order valence-corrected chi connectivity index (χ3v) is 3.52. The summed E-state index contributed by atoms with van der Waals surface area (Å²) < 4.78 is 7.53. The Bertz CT molecular complexity index is 788. The minimum atomic E-state index is 0.0282. The number of ether oxygens (including phenoxy) is 1. The number of hydrogen-bond donors (Lipinski definition) is 0. The Balaban J connectivity index is 1.86. The van der Waals surface area contributed by atoms with Gasteiger partial charge in [-0.15, -0.1) is 0 Å². The van der Waals surface area contributed by atoms with E-state index in [-0.39, 0.29) is 5.91 Å². The van der Waals surface area contributed by atoms with E-state index in [0.717, 1.165) is 27.9 Å².